The summed E-state index contributed by atoms with van der Waals surface area (Å²) in [6.07, 6.45) is 0. The van der Waals surface area contributed by atoms with E-state index in [2.05, 4.69) is 11.8 Å². The Morgan fingerprint density at radius 3 is 2.52 bits per heavy atom. The van der Waals surface area contributed by atoms with Crippen molar-refractivity contribution in [3.63, 3.8) is 0 Å². The van der Waals surface area contributed by atoms with E-state index in [1.54, 1.807) is 6.07 Å². The van der Waals surface area contributed by atoms with Crippen LogP contribution in [0, 0.1) is 18.8 Å². The molecule has 1 rings (SSSR count). The summed E-state index contributed by atoms with van der Waals surface area (Å²) < 4.78 is 0. The van der Waals surface area contributed by atoms with Crippen LogP contribution in [0.2, 0.25) is 0 Å². The molecule has 21 heavy (non-hydrogen) atoms. The molecule has 0 aliphatic rings. The van der Waals surface area contributed by atoms with Crippen molar-refractivity contribution in [1.82, 2.24) is 4.90 Å². The van der Waals surface area contributed by atoms with Crippen molar-refractivity contribution >= 4 is 11.8 Å². The van der Waals surface area contributed by atoms with E-state index in [4.69, 9.17) is 11.5 Å². The molecule has 0 aromatic heterocycles. The largest absolute Gasteiger partial charge is 0.368 e. The third kappa shape index (κ3) is 4.62. The molecular weight excluding hydrogens is 266 g/mol. The highest BCUT2D eigenvalue weighted by atomic mass is 16.2. The summed E-state index contributed by atoms with van der Waals surface area (Å²) in [5.74, 6) is 4.89. The lowest BCUT2D eigenvalue weighted by molar-refractivity contribution is -0.119. The number of carbonyl (C=O) groups excluding carboxylic acids is 2. The first-order valence-electron chi connectivity index (χ1n) is 6.75. The highest BCUT2D eigenvalue weighted by molar-refractivity contribution is 5.98. The number of primary amides is 1. The van der Waals surface area contributed by atoms with E-state index >= 15 is 0 Å². The van der Waals surface area contributed by atoms with Crippen molar-refractivity contribution in [2.45, 2.75) is 26.8 Å². The fraction of sp³-hybridized carbons (Fsp3) is 0.375. The van der Waals surface area contributed by atoms with Crippen LogP contribution in [0.1, 0.15) is 35.3 Å². The molecule has 4 N–H and O–H groups in total. The maximum atomic E-state index is 12.6. The molecule has 5 nitrogen and oxygen atoms in total. The number of hydrogen-bond donors (Lipinski definition) is 2. The van der Waals surface area contributed by atoms with Gasteiger partial charge in [0.1, 0.15) is 0 Å². The van der Waals surface area contributed by atoms with Gasteiger partial charge in [0, 0.05) is 17.2 Å². The molecule has 0 bridgehead atoms. The van der Waals surface area contributed by atoms with E-state index in [1.807, 2.05) is 32.9 Å². The summed E-state index contributed by atoms with van der Waals surface area (Å²) in [6.45, 7) is 5.68. The van der Waals surface area contributed by atoms with Crippen LogP contribution in [0.3, 0.4) is 0 Å². The van der Waals surface area contributed by atoms with Gasteiger partial charge in [-0.05, 0) is 38.5 Å². The Kier molecular flexibility index (Phi) is 5.94. The minimum Gasteiger partial charge on any atom is -0.368 e. The van der Waals surface area contributed by atoms with Gasteiger partial charge in [-0.2, -0.15) is 0 Å². The summed E-state index contributed by atoms with van der Waals surface area (Å²) in [4.78, 5) is 25.2. The predicted molar refractivity (Wildman–Crippen MR) is 82.5 cm³/mol. The van der Waals surface area contributed by atoms with Gasteiger partial charge in [0.15, 0.2) is 0 Å². The summed E-state index contributed by atoms with van der Waals surface area (Å²) in [7, 11) is 0. The normalized spacial score (nSPS) is 9.95. The molecule has 0 saturated heterocycles. The standard InChI is InChI=1S/C16H21N3O2/c1-11(2)19(10-15(18)20)16(21)14-9-13(5-4-8-17)7-6-12(14)3/h6-7,9,11H,8,10,17H2,1-3H3,(H2,18,20). The number of amides is 2. The molecule has 2 amide bonds. The molecule has 0 heterocycles. The minimum absolute atomic E-state index is 0.103. The number of nitrogens with two attached hydrogens (primary N) is 2. The Labute approximate surface area is 125 Å². The van der Waals surface area contributed by atoms with E-state index in [0.29, 0.717) is 5.56 Å². The van der Waals surface area contributed by atoms with Crippen molar-refractivity contribution in [3.05, 3.63) is 34.9 Å². The number of rotatable bonds is 4. The topological polar surface area (TPSA) is 89.4 Å². The van der Waals surface area contributed by atoms with Crippen LogP contribution < -0.4 is 11.5 Å². The lowest BCUT2D eigenvalue weighted by Gasteiger charge is -2.26. The van der Waals surface area contributed by atoms with Crippen molar-refractivity contribution in [2.75, 3.05) is 13.1 Å². The van der Waals surface area contributed by atoms with Crippen LogP contribution in [-0.4, -0.2) is 35.8 Å². The zero-order valence-corrected chi connectivity index (χ0v) is 12.6. The van der Waals surface area contributed by atoms with Gasteiger partial charge >= 0.3 is 0 Å². The Hall–Kier alpha value is -2.32. The van der Waals surface area contributed by atoms with Crippen molar-refractivity contribution in [2.24, 2.45) is 11.5 Å². The first-order chi connectivity index (χ1) is 9.86. The predicted octanol–water partition coefficient (Wildman–Crippen LogP) is 0.641. The highest BCUT2D eigenvalue weighted by Gasteiger charge is 2.22. The van der Waals surface area contributed by atoms with E-state index in [1.165, 1.54) is 4.90 Å². The lowest BCUT2D eigenvalue weighted by Crippen LogP contribution is -2.43. The Morgan fingerprint density at radius 2 is 2.00 bits per heavy atom. The molecule has 0 spiro atoms. The molecule has 0 unspecified atom stereocenters. The van der Waals surface area contributed by atoms with Crippen LogP contribution in [0.15, 0.2) is 18.2 Å². The fourth-order valence-electron chi connectivity index (χ4n) is 1.89. The molecular formula is C16H21N3O2. The number of hydrogen-bond acceptors (Lipinski definition) is 3. The molecule has 0 radical (unpaired) electrons. The molecule has 1 aromatic carbocycles. The zero-order chi connectivity index (χ0) is 16.0. The van der Waals surface area contributed by atoms with Gasteiger partial charge in [-0.25, -0.2) is 0 Å². The zero-order valence-electron chi connectivity index (χ0n) is 12.6. The molecule has 0 atom stereocenters. The third-order valence-corrected chi connectivity index (χ3v) is 3.01. The molecule has 0 aliphatic carbocycles. The first kappa shape index (κ1) is 16.7. The van der Waals surface area contributed by atoms with Gasteiger partial charge in [-0.15, -0.1) is 0 Å². The van der Waals surface area contributed by atoms with Crippen molar-refractivity contribution < 1.29 is 9.59 Å². The van der Waals surface area contributed by atoms with Gasteiger partial charge in [-0.1, -0.05) is 17.9 Å². The molecule has 0 aliphatic heterocycles. The van der Waals surface area contributed by atoms with E-state index in [-0.39, 0.29) is 25.0 Å². The van der Waals surface area contributed by atoms with E-state index in [0.717, 1.165) is 11.1 Å². The summed E-state index contributed by atoms with van der Waals surface area (Å²) in [5, 5.41) is 0. The highest BCUT2D eigenvalue weighted by Crippen LogP contribution is 2.15. The number of aryl methyl sites for hydroxylation is 1. The molecule has 1 aromatic rings. The van der Waals surface area contributed by atoms with Gasteiger partial charge < -0.3 is 16.4 Å². The molecule has 0 saturated carbocycles. The molecule has 5 heteroatoms. The summed E-state index contributed by atoms with van der Waals surface area (Å²) in [5.41, 5.74) is 12.6. The fourth-order valence-corrected chi connectivity index (χ4v) is 1.89. The first-order valence-corrected chi connectivity index (χ1v) is 6.75. The average Bonchev–Trinajstić information content (AvgIpc) is 2.42. The number of carbonyl (C=O) groups is 2. The summed E-state index contributed by atoms with van der Waals surface area (Å²) >= 11 is 0. The number of benzene rings is 1. The summed E-state index contributed by atoms with van der Waals surface area (Å²) in [6, 6.07) is 5.26. The van der Waals surface area contributed by atoms with E-state index < -0.39 is 5.91 Å². The lowest BCUT2D eigenvalue weighted by atomic mass is 10.0. The second-order valence-electron chi connectivity index (χ2n) is 5.03. The van der Waals surface area contributed by atoms with Crippen LogP contribution >= 0.6 is 0 Å². The van der Waals surface area contributed by atoms with Gasteiger partial charge in [-0.3, -0.25) is 9.59 Å². The second kappa shape index (κ2) is 7.46. The van der Waals surface area contributed by atoms with Crippen LogP contribution in [0.4, 0.5) is 0 Å². The Bertz CT molecular complexity index is 597. The quantitative estimate of drug-likeness (QED) is 0.796. The van der Waals surface area contributed by atoms with E-state index in [9.17, 15) is 9.59 Å². The Balaban J connectivity index is 3.17. The maximum Gasteiger partial charge on any atom is 0.254 e. The van der Waals surface area contributed by atoms with Crippen LogP contribution in [-0.2, 0) is 4.79 Å². The van der Waals surface area contributed by atoms with Gasteiger partial charge in [0.2, 0.25) is 5.91 Å². The number of nitrogens with zero attached hydrogens (tertiary/aromatic N) is 1. The van der Waals surface area contributed by atoms with Crippen LogP contribution in [0.25, 0.3) is 0 Å². The van der Waals surface area contributed by atoms with Crippen molar-refractivity contribution in [1.29, 1.82) is 0 Å². The SMILES string of the molecule is Cc1ccc(C#CCN)cc1C(=O)N(CC(N)=O)C(C)C. The second-order valence-corrected chi connectivity index (χ2v) is 5.03. The maximum absolute atomic E-state index is 12.6. The molecule has 112 valence electrons. The third-order valence-electron chi connectivity index (χ3n) is 3.01. The van der Waals surface area contributed by atoms with Crippen LogP contribution in [0.5, 0.6) is 0 Å². The van der Waals surface area contributed by atoms with Gasteiger partial charge in [0.25, 0.3) is 5.91 Å². The smallest absolute Gasteiger partial charge is 0.254 e. The Morgan fingerprint density at radius 1 is 1.33 bits per heavy atom. The van der Waals surface area contributed by atoms with Gasteiger partial charge in [0.05, 0.1) is 13.1 Å². The minimum atomic E-state index is -0.534. The molecule has 0 fully saturated rings. The monoisotopic (exact) mass is 287 g/mol. The average molecular weight is 287 g/mol. The van der Waals surface area contributed by atoms with Crippen molar-refractivity contribution in [3.8, 4) is 11.8 Å².